The third-order valence-electron chi connectivity index (χ3n) is 4.48. The van der Waals surface area contributed by atoms with Crippen molar-refractivity contribution >= 4 is 29.3 Å². The third-order valence-corrected chi connectivity index (χ3v) is 5.71. The van der Waals surface area contributed by atoms with Gasteiger partial charge in [0.2, 0.25) is 5.91 Å². The first-order valence-electron chi connectivity index (χ1n) is 9.11. The van der Waals surface area contributed by atoms with Crippen LogP contribution in [0.1, 0.15) is 55.0 Å². The summed E-state index contributed by atoms with van der Waals surface area (Å²) in [4.78, 5) is 12.4. The predicted octanol–water partition coefficient (Wildman–Crippen LogP) is 5.89. The number of carbonyl (C=O) groups excluding carboxylic acids is 1. The molecule has 1 atom stereocenters. The Kier molecular flexibility index (Phi) is 8.06. The normalized spacial score (nSPS) is 12.1. The van der Waals surface area contributed by atoms with Gasteiger partial charge in [0.05, 0.1) is 18.9 Å². The van der Waals surface area contributed by atoms with E-state index in [-0.39, 0.29) is 11.9 Å². The fraction of sp³-hybridized carbons (Fsp3) is 0.409. The van der Waals surface area contributed by atoms with Gasteiger partial charge in [-0.2, -0.15) is 0 Å². The Morgan fingerprint density at radius 2 is 1.93 bits per heavy atom. The number of ether oxygens (including phenoxy) is 1. The van der Waals surface area contributed by atoms with E-state index in [1.54, 1.807) is 18.9 Å². The Labute approximate surface area is 171 Å². The van der Waals surface area contributed by atoms with Gasteiger partial charge < -0.3 is 10.1 Å². The molecule has 0 aromatic heterocycles. The first-order valence-corrected chi connectivity index (χ1v) is 10.6. The highest BCUT2D eigenvalue weighted by molar-refractivity contribution is 7.99. The van der Waals surface area contributed by atoms with E-state index in [1.165, 1.54) is 0 Å². The van der Waals surface area contributed by atoms with Crippen LogP contribution in [0.4, 0.5) is 0 Å². The van der Waals surface area contributed by atoms with Crippen molar-refractivity contribution in [2.45, 2.75) is 45.4 Å². The number of hydrogen-bond acceptors (Lipinski definition) is 3. The summed E-state index contributed by atoms with van der Waals surface area (Å²) in [6.07, 6.45) is 0. The average Bonchev–Trinajstić information content (AvgIpc) is 2.61. The number of benzene rings is 2. The lowest BCUT2D eigenvalue weighted by Crippen LogP contribution is -2.28. The van der Waals surface area contributed by atoms with Gasteiger partial charge in [0, 0.05) is 10.8 Å². The third kappa shape index (κ3) is 6.18. The van der Waals surface area contributed by atoms with Gasteiger partial charge in [-0.25, -0.2) is 0 Å². The van der Waals surface area contributed by atoms with E-state index < -0.39 is 0 Å². The number of thioether (sulfide) groups is 1. The minimum absolute atomic E-state index is 0.0378. The lowest BCUT2D eigenvalue weighted by atomic mass is 9.93. The molecule has 146 valence electrons. The Bertz CT molecular complexity index is 792. The van der Waals surface area contributed by atoms with Crippen molar-refractivity contribution in [2.24, 2.45) is 0 Å². The lowest BCUT2D eigenvalue weighted by Gasteiger charge is -2.21. The highest BCUT2D eigenvalue weighted by Crippen LogP contribution is 2.32. The van der Waals surface area contributed by atoms with E-state index >= 15 is 0 Å². The molecule has 1 N–H and O–H groups in total. The van der Waals surface area contributed by atoms with Crippen molar-refractivity contribution in [2.75, 3.05) is 12.9 Å². The Morgan fingerprint density at radius 1 is 1.19 bits per heavy atom. The fourth-order valence-electron chi connectivity index (χ4n) is 3.06. The molecular formula is C22H28ClNO2S. The highest BCUT2D eigenvalue weighted by Gasteiger charge is 2.16. The number of carbonyl (C=O) groups is 1. The molecule has 1 amide bonds. The van der Waals surface area contributed by atoms with Gasteiger partial charge >= 0.3 is 0 Å². The summed E-state index contributed by atoms with van der Waals surface area (Å²) in [5.74, 6) is 2.48. The van der Waals surface area contributed by atoms with Crippen LogP contribution in [-0.4, -0.2) is 18.8 Å². The monoisotopic (exact) mass is 405 g/mol. The van der Waals surface area contributed by atoms with Gasteiger partial charge in [0.1, 0.15) is 5.75 Å². The van der Waals surface area contributed by atoms with E-state index in [0.29, 0.717) is 11.7 Å². The molecule has 0 aliphatic heterocycles. The average molecular weight is 406 g/mol. The fourth-order valence-corrected chi connectivity index (χ4v) is 4.06. The van der Waals surface area contributed by atoms with Gasteiger partial charge in [-0.15, -0.1) is 11.8 Å². The van der Waals surface area contributed by atoms with Gasteiger partial charge in [-0.1, -0.05) is 37.6 Å². The zero-order chi connectivity index (χ0) is 20.0. The van der Waals surface area contributed by atoms with Crippen molar-refractivity contribution in [3.8, 4) is 5.75 Å². The van der Waals surface area contributed by atoms with Crippen LogP contribution in [0.3, 0.4) is 0 Å². The number of methoxy groups -OCH3 is 1. The van der Waals surface area contributed by atoms with Gasteiger partial charge in [-0.05, 0) is 66.3 Å². The molecule has 0 heterocycles. The van der Waals surface area contributed by atoms with Gasteiger partial charge in [-0.3, -0.25) is 4.79 Å². The molecule has 0 fully saturated rings. The molecule has 0 bridgehead atoms. The summed E-state index contributed by atoms with van der Waals surface area (Å²) in [6, 6.07) is 11.9. The molecule has 3 nitrogen and oxygen atoms in total. The molecule has 2 aromatic carbocycles. The second-order valence-electron chi connectivity index (χ2n) is 7.02. The number of halogens is 1. The Balaban J connectivity index is 1.96. The van der Waals surface area contributed by atoms with E-state index in [4.69, 9.17) is 16.3 Å². The first kappa shape index (κ1) is 21.6. The van der Waals surface area contributed by atoms with Crippen LogP contribution in [0.2, 0.25) is 5.02 Å². The van der Waals surface area contributed by atoms with Crippen LogP contribution in [0.25, 0.3) is 0 Å². The van der Waals surface area contributed by atoms with Crippen LogP contribution in [-0.2, 0) is 10.5 Å². The maximum atomic E-state index is 12.4. The summed E-state index contributed by atoms with van der Waals surface area (Å²) in [5, 5.41) is 3.84. The maximum absolute atomic E-state index is 12.4. The molecule has 0 aliphatic rings. The van der Waals surface area contributed by atoms with Crippen molar-refractivity contribution in [1.82, 2.24) is 5.32 Å². The molecule has 0 aliphatic carbocycles. The minimum Gasteiger partial charge on any atom is -0.496 e. The van der Waals surface area contributed by atoms with Crippen LogP contribution in [0, 0.1) is 6.92 Å². The Hall–Kier alpha value is -1.65. The zero-order valence-electron chi connectivity index (χ0n) is 16.6. The van der Waals surface area contributed by atoms with Gasteiger partial charge in [0.25, 0.3) is 0 Å². The zero-order valence-corrected chi connectivity index (χ0v) is 18.2. The summed E-state index contributed by atoms with van der Waals surface area (Å²) in [7, 11) is 1.70. The van der Waals surface area contributed by atoms with E-state index in [9.17, 15) is 4.79 Å². The van der Waals surface area contributed by atoms with Gasteiger partial charge in [0.15, 0.2) is 0 Å². The largest absolute Gasteiger partial charge is 0.496 e. The molecule has 0 unspecified atom stereocenters. The second-order valence-corrected chi connectivity index (χ2v) is 8.44. The molecule has 0 radical (unpaired) electrons. The molecule has 0 saturated heterocycles. The van der Waals surface area contributed by atoms with Crippen molar-refractivity contribution in [1.29, 1.82) is 0 Å². The van der Waals surface area contributed by atoms with Crippen LogP contribution < -0.4 is 10.1 Å². The van der Waals surface area contributed by atoms with E-state index in [0.717, 1.165) is 38.8 Å². The van der Waals surface area contributed by atoms with E-state index in [1.807, 2.05) is 31.2 Å². The Morgan fingerprint density at radius 3 is 2.56 bits per heavy atom. The molecule has 2 aromatic rings. The lowest BCUT2D eigenvalue weighted by molar-refractivity contribution is -0.119. The number of amides is 1. The summed E-state index contributed by atoms with van der Waals surface area (Å²) >= 11 is 7.58. The maximum Gasteiger partial charge on any atom is 0.230 e. The number of nitrogens with one attached hydrogen (secondary N) is 1. The SMILES string of the molecule is COc1cc(C)c([C@H](C)NC(=O)CSCc2cccc(Cl)c2)cc1C(C)C. The highest BCUT2D eigenvalue weighted by atomic mass is 35.5. The first-order chi connectivity index (χ1) is 12.8. The van der Waals surface area contributed by atoms with Crippen molar-refractivity contribution in [3.05, 3.63) is 63.7 Å². The number of hydrogen-bond donors (Lipinski definition) is 1. The molecular weight excluding hydrogens is 378 g/mol. The second kappa shape index (κ2) is 10.0. The molecule has 27 heavy (non-hydrogen) atoms. The van der Waals surface area contributed by atoms with Crippen molar-refractivity contribution < 1.29 is 9.53 Å². The van der Waals surface area contributed by atoms with Crippen LogP contribution in [0.5, 0.6) is 5.75 Å². The molecule has 2 rings (SSSR count). The molecule has 0 spiro atoms. The van der Waals surface area contributed by atoms with Crippen LogP contribution >= 0.6 is 23.4 Å². The standard InChI is InChI=1S/C22H28ClNO2S/c1-14(2)19-11-20(15(3)9-21(19)26-5)16(4)24-22(25)13-27-12-17-7-6-8-18(23)10-17/h6-11,14,16H,12-13H2,1-5H3,(H,24,25)/t16-/m0/s1. The smallest absolute Gasteiger partial charge is 0.230 e. The number of rotatable bonds is 8. The molecule has 0 saturated carbocycles. The summed E-state index contributed by atoms with van der Waals surface area (Å²) < 4.78 is 5.51. The predicted molar refractivity (Wildman–Crippen MR) is 116 cm³/mol. The summed E-state index contributed by atoms with van der Waals surface area (Å²) in [5.41, 5.74) is 4.54. The van der Waals surface area contributed by atoms with Crippen LogP contribution in [0.15, 0.2) is 36.4 Å². The minimum atomic E-state index is -0.0484. The topological polar surface area (TPSA) is 38.3 Å². The summed E-state index contributed by atoms with van der Waals surface area (Å²) in [6.45, 7) is 8.37. The number of aryl methyl sites for hydroxylation is 1. The van der Waals surface area contributed by atoms with Crippen molar-refractivity contribution in [3.63, 3.8) is 0 Å². The molecule has 5 heteroatoms. The quantitative estimate of drug-likeness (QED) is 0.594. The van der Waals surface area contributed by atoms with E-state index in [2.05, 4.69) is 38.2 Å².